The van der Waals surface area contributed by atoms with Crippen LogP contribution in [0.15, 0.2) is 22.9 Å². The van der Waals surface area contributed by atoms with Crippen molar-refractivity contribution in [3.8, 4) is 0 Å². The predicted octanol–water partition coefficient (Wildman–Crippen LogP) is 3.29. The SMILES string of the molecule is CC1CN(Cc2ccc(Br)nc2)CCN1C(=O)OC(C)(C)C. The Labute approximate surface area is 140 Å². The molecule has 2 rings (SSSR count). The standard InChI is InChI=1S/C16H24BrN3O2/c1-12-10-19(11-13-5-6-14(17)18-9-13)7-8-20(12)15(21)22-16(2,3)4/h5-6,9,12H,7-8,10-11H2,1-4H3. The van der Waals surface area contributed by atoms with Crippen LogP contribution in [0.5, 0.6) is 0 Å². The van der Waals surface area contributed by atoms with E-state index < -0.39 is 5.60 Å². The largest absolute Gasteiger partial charge is 0.444 e. The Bertz CT molecular complexity index is 513. The zero-order valence-corrected chi connectivity index (χ0v) is 15.3. The molecule has 0 saturated carbocycles. The molecule has 0 bridgehead atoms. The van der Waals surface area contributed by atoms with Crippen LogP contribution in [-0.4, -0.2) is 52.2 Å². The molecule has 2 heterocycles. The van der Waals surface area contributed by atoms with Crippen LogP contribution in [0.1, 0.15) is 33.3 Å². The van der Waals surface area contributed by atoms with Crippen LogP contribution in [0, 0.1) is 0 Å². The summed E-state index contributed by atoms with van der Waals surface area (Å²) < 4.78 is 6.31. The summed E-state index contributed by atoms with van der Waals surface area (Å²) in [4.78, 5) is 20.6. The maximum absolute atomic E-state index is 12.2. The number of carbonyl (C=O) groups is 1. The Kier molecular flexibility index (Phi) is 5.45. The van der Waals surface area contributed by atoms with E-state index in [9.17, 15) is 4.79 Å². The van der Waals surface area contributed by atoms with Crippen LogP contribution in [0.3, 0.4) is 0 Å². The smallest absolute Gasteiger partial charge is 0.410 e. The van der Waals surface area contributed by atoms with Crippen molar-refractivity contribution >= 4 is 22.0 Å². The molecule has 1 aliphatic rings. The van der Waals surface area contributed by atoms with Gasteiger partial charge in [0, 0.05) is 38.4 Å². The first-order valence-corrected chi connectivity index (χ1v) is 8.36. The Morgan fingerprint density at radius 2 is 2.14 bits per heavy atom. The van der Waals surface area contributed by atoms with Gasteiger partial charge in [0.25, 0.3) is 0 Å². The number of carbonyl (C=O) groups excluding carboxylic acids is 1. The van der Waals surface area contributed by atoms with E-state index in [0.29, 0.717) is 6.54 Å². The number of hydrogen-bond donors (Lipinski definition) is 0. The lowest BCUT2D eigenvalue weighted by atomic mass is 10.1. The van der Waals surface area contributed by atoms with Gasteiger partial charge in [-0.2, -0.15) is 0 Å². The van der Waals surface area contributed by atoms with Gasteiger partial charge in [-0.1, -0.05) is 6.07 Å². The van der Waals surface area contributed by atoms with Gasteiger partial charge in [-0.3, -0.25) is 4.90 Å². The molecule has 1 amide bonds. The highest BCUT2D eigenvalue weighted by atomic mass is 79.9. The number of halogens is 1. The third-order valence-corrected chi connectivity index (χ3v) is 4.00. The highest BCUT2D eigenvalue weighted by Crippen LogP contribution is 2.17. The molecule has 1 aliphatic heterocycles. The summed E-state index contributed by atoms with van der Waals surface area (Å²) in [6, 6.07) is 4.17. The van der Waals surface area contributed by atoms with E-state index >= 15 is 0 Å². The average molecular weight is 370 g/mol. The van der Waals surface area contributed by atoms with Gasteiger partial charge in [0.05, 0.1) is 0 Å². The average Bonchev–Trinajstić information content (AvgIpc) is 2.39. The minimum atomic E-state index is -0.447. The molecule has 122 valence electrons. The zero-order valence-electron chi connectivity index (χ0n) is 13.7. The van der Waals surface area contributed by atoms with E-state index in [1.807, 2.05) is 37.9 Å². The molecule has 0 spiro atoms. The summed E-state index contributed by atoms with van der Waals surface area (Å²) >= 11 is 3.35. The monoisotopic (exact) mass is 369 g/mol. The lowest BCUT2D eigenvalue weighted by Crippen LogP contribution is -2.54. The molecular formula is C16H24BrN3O2. The van der Waals surface area contributed by atoms with Crippen LogP contribution in [-0.2, 0) is 11.3 Å². The lowest BCUT2D eigenvalue weighted by molar-refractivity contribution is 0.000551. The summed E-state index contributed by atoms with van der Waals surface area (Å²) in [6.07, 6.45) is 1.67. The fourth-order valence-corrected chi connectivity index (χ4v) is 2.76. The summed E-state index contributed by atoms with van der Waals surface area (Å²) in [5.41, 5.74) is 0.734. The van der Waals surface area contributed by atoms with Gasteiger partial charge < -0.3 is 9.64 Å². The van der Waals surface area contributed by atoms with E-state index in [4.69, 9.17) is 4.74 Å². The number of rotatable bonds is 2. The molecule has 0 aliphatic carbocycles. The first-order chi connectivity index (χ1) is 10.2. The molecule has 0 radical (unpaired) electrons. The van der Waals surface area contributed by atoms with Crippen LogP contribution in [0.4, 0.5) is 4.79 Å². The molecule has 22 heavy (non-hydrogen) atoms. The second-order valence-corrected chi connectivity index (χ2v) is 7.56. The van der Waals surface area contributed by atoms with E-state index in [-0.39, 0.29) is 12.1 Å². The van der Waals surface area contributed by atoms with Gasteiger partial charge in [-0.05, 0) is 55.3 Å². The van der Waals surface area contributed by atoms with Crippen molar-refractivity contribution < 1.29 is 9.53 Å². The van der Waals surface area contributed by atoms with Gasteiger partial charge in [-0.15, -0.1) is 0 Å². The van der Waals surface area contributed by atoms with Gasteiger partial charge in [0.1, 0.15) is 10.2 Å². The van der Waals surface area contributed by atoms with Gasteiger partial charge in [0.2, 0.25) is 0 Å². The molecule has 1 saturated heterocycles. The number of piperazine rings is 1. The fraction of sp³-hybridized carbons (Fsp3) is 0.625. The fourth-order valence-electron chi connectivity index (χ4n) is 2.53. The molecule has 1 aromatic rings. The molecular weight excluding hydrogens is 346 g/mol. The lowest BCUT2D eigenvalue weighted by Gasteiger charge is -2.40. The van der Waals surface area contributed by atoms with E-state index in [1.165, 1.54) is 5.56 Å². The van der Waals surface area contributed by atoms with Crippen molar-refractivity contribution in [1.29, 1.82) is 0 Å². The molecule has 1 atom stereocenters. The van der Waals surface area contributed by atoms with Crippen LogP contribution >= 0.6 is 15.9 Å². The van der Waals surface area contributed by atoms with Crippen LogP contribution in [0.2, 0.25) is 0 Å². The van der Waals surface area contributed by atoms with Crippen molar-refractivity contribution in [3.63, 3.8) is 0 Å². The van der Waals surface area contributed by atoms with E-state index in [1.54, 1.807) is 0 Å². The minimum absolute atomic E-state index is 0.145. The summed E-state index contributed by atoms with van der Waals surface area (Å²) in [5, 5.41) is 0. The highest BCUT2D eigenvalue weighted by Gasteiger charge is 2.30. The number of pyridine rings is 1. The number of amides is 1. The van der Waals surface area contributed by atoms with Gasteiger partial charge >= 0.3 is 6.09 Å². The van der Waals surface area contributed by atoms with Crippen LogP contribution < -0.4 is 0 Å². The van der Waals surface area contributed by atoms with Gasteiger partial charge in [0.15, 0.2) is 0 Å². The molecule has 1 aromatic heterocycles. The molecule has 1 unspecified atom stereocenters. The Hall–Kier alpha value is -1.14. The van der Waals surface area contributed by atoms with Crippen molar-refractivity contribution in [2.24, 2.45) is 0 Å². The summed E-state index contributed by atoms with van der Waals surface area (Å²) in [6.45, 7) is 11.0. The van der Waals surface area contributed by atoms with Crippen LogP contribution in [0.25, 0.3) is 0 Å². The van der Waals surface area contributed by atoms with Crippen molar-refractivity contribution in [2.45, 2.75) is 45.9 Å². The second kappa shape index (κ2) is 6.96. The second-order valence-electron chi connectivity index (χ2n) is 6.75. The topological polar surface area (TPSA) is 45.7 Å². The van der Waals surface area contributed by atoms with E-state index in [2.05, 4.69) is 38.8 Å². The van der Waals surface area contributed by atoms with Crippen molar-refractivity contribution in [1.82, 2.24) is 14.8 Å². The first kappa shape index (κ1) is 17.2. The molecule has 0 N–H and O–H groups in total. The minimum Gasteiger partial charge on any atom is -0.444 e. The maximum atomic E-state index is 12.2. The molecule has 0 aromatic carbocycles. The Morgan fingerprint density at radius 3 is 2.68 bits per heavy atom. The number of aromatic nitrogens is 1. The molecule has 5 nitrogen and oxygen atoms in total. The maximum Gasteiger partial charge on any atom is 0.410 e. The van der Waals surface area contributed by atoms with Gasteiger partial charge in [-0.25, -0.2) is 9.78 Å². The quantitative estimate of drug-likeness (QED) is 0.750. The number of nitrogens with zero attached hydrogens (tertiary/aromatic N) is 3. The normalized spacial score (nSPS) is 20.0. The first-order valence-electron chi connectivity index (χ1n) is 7.57. The highest BCUT2D eigenvalue weighted by molar-refractivity contribution is 9.10. The van der Waals surface area contributed by atoms with Crippen molar-refractivity contribution in [3.05, 3.63) is 28.5 Å². The number of ether oxygens (including phenoxy) is 1. The van der Waals surface area contributed by atoms with Crippen molar-refractivity contribution in [2.75, 3.05) is 19.6 Å². The Morgan fingerprint density at radius 1 is 1.41 bits per heavy atom. The number of hydrogen-bond acceptors (Lipinski definition) is 4. The molecule has 1 fully saturated rings. The summed E-state index contributed by atoms with van der Waals surface area (Å²) in [5.74, 6) is 0. The molecule has 6 heteroatoms. The summed E-state index contributed by atoms with van der Waals surface area (Å²) in [7, 11) is 0. The third kappa shape index (κ3) is 4.95. The zero-order chi connectivity index (χ0) is 16.3. The predicted molar refractivity (Wildman–Crippen MR) is 89.6 cm³/mol. The Balaban J connectivity index is 1.89. The third-order valence-electron chi connectivity index (χ3n) is 3.53. The van der Waals surface area contributed by atoms with E-state index in [0.717, 1.165) is 24.2 Å².